The molecular weight excluding hydrogens is 551 g/mol. The molecule has 1 fully saturated rings. The van der Waals surface area contributed by atoms with Gasteiger partial charge in [-0.2, -0.15) is 4.31 Å². The Bertz CT molecular complexity index is 1480. The van der Waals surface area contributed by atoms with E-state index >= 15 is 0 Å². The molecule has 2 heterocycles. The van der Waals surface area contributed by atoms with Crippen LogP contribution in [0.2, 0.25) is 10.0 Å². The Morgan fingerprint density at radius 2 is 1.95 bits per heavy atom. The number of aromatic nitrogens is 1. The molecule has 0 unspecified atom stereocenters. The van der Waals surface area contributed by atoms with Crippen molar-refractivity contribution in [2.75, 3.05) is 19.6 Å². The molecule has 0 saturated carbocycles. The Balaban J connectivity index is 1.55. The summed E-state index contributed by atoms with van der Waals surface area (Å²) < 4.78 is 34.5. The fourth-order valence-electron chi connectivity index (χ4n) is 4.31. The molecule has 1 aliphatic heterocycles. The highest BCUT2D eigenvalue weighted by Crippen LogP contribution is 2.36. The number of sulfonamides is 1. The number of halogens is 2. The summed E-state index contributed by atoms with van der Waals surface area (Å²) in [6.07, 6.45) is 0.900. The summed E-state index contributed by atoms with van der Waals surface area (Å²) >= 11 is 13.0. The van der Waals surface area contributed by atoms with Gasteiger partial charge in [0.15, 0.2) is 5.96 Å². The highest BCUT2D eigenvalue weighted by Gasteiger charge is 2.40. The number of hydrogen-bond acceptors (Lipinski definition) is 6. The van der Waals surface area contributed by atoms with Gasteiger partial charge < -0.3 is 21.1 Å². The van der Waals surface area contributed by atoms with Crippen LogP contribution in [0.3, 0.4) is 0 Å². The predicted molar refractivity (Wildman–Crippen MR) is 147 cm³/mol. The zero-order chi connectivity index (χ0) is 27.4. The number of para-hydroxylation sites is 1. The van der Waals surface area contributed by atoms with Crippen molar-refractivity contribution >= 4 is 56.0 Å². The molecule has 3 aromatic rings. The van der Waals surface area contributed by atoms with E-state index in [0.717, 1.165) is 15.4 Å². The van der Waals surface area contributed by atoms with Gasteiger partial charge in [0.05, 0.1) is 5.02 Å². The lowest BCUT2D eigenvalue weighted by Crippen LogP contribution is -2.47. The van der Waals surface area contributed by atoms with Gasteiger partial charge >= 0.3 is 0 Å². The van der Waals surface area contributed by atoms with Gasteiger partial charge in [-0.1, -0.05) is 41.4 Å². The van der Waals surface area contributed by atoms with E-state index in [4.69, 9.17) is 39.1 Å². The van der Waals surface area contributed by atoms with E-state index in [2.05, 4.69) is 15.6 Å². The number of fused-ring (bicyclic) bond motifs is 1. The third-order valence-corrected chi connectivity index (χ3v) is 9.03. The molecule has 1 atom stereocenters. The second-order valence-electron chi connectivity index (χ2n) is 8.81. The molecule has 0 aliphatic carbocycles. The zero-order valence-corrected chi connectivity index (χ0v) is 23.0. The van der Waals surface area contributed by atoms with Gasteiger partial charge in [0.1, 0.15) is 28.8 Å². The Kier molecular flexibility index (Phi) is 8.61. The number of aryl methyl sites for hydroxylation is 1. The van der Waals surface area contributed by atoms with Crippen LogP contribution in [0.25, 0.3) is 10.9 Å². The minimum atomic E-state index is -4.13. The first kappa shape index (κ1) is 27.9. The van der Waals surface area contributed by atoms with Gasteiger partial charge in [0.25, 0.3) is 0 Å². The molecule has 13 heteroatoms. The van der Waals surface area contributed by atoms with Crippen LogP contribution in [0.15, 0.2) is 47.4 Å². The maximum absolute atomic E-state index is 13.7. The number of guanidine groups is 1. The maximum Gasteiger partial charge on any atom is 0.245 e. The van der Waals surface area contributed by atoms with E-state index in [1.165, 1.54) is 12.1 Å². The van der Waals surface area contributed by atoms with Crippen LogP contribution < -0.4 is 21.1 Å². The van der Waals surface area contributed by atoms with E-state index in [1.807, 2.05) is 31.2 Å². The Morgan fingerprint density at radius 3 is 2.71 bits per heavy atom. The van der Waals surface area contributed by atoms with Gasteiger partial charge in [0, 0.05) is 41.3 Å². The Hall–Kier alpha value is -3.12. The molecule has 0 spiro atoms. The summed E-state index contributed by atoms with van der Waals surface area (Å²) in [7, 11) is -4.13. The quantitative estimate of drug-likeness (QED) is 0.173. The highest BCUT2D eigenvalue weighted by molar-refractivity contribution is 7.89. The average Bonchev–Trinajstić information content (AvgIpc) is 3.37. The van der Waals surface area contributed by atoms with Gasteiger partial charge in [-0.3, -0.25) is 10.2 Å². The first-order valence-corrected chi connectivity index (χ1v) is 14.1. The summed E-state index contributed by atoms with van der Waals surface area (Å²) in [6.45, 7) is 2.42. The predicted octanol–water partition coefficient (Wildman–Crippen LogP) is 3.18. The lowest BCUT2D eigenvalue weighted by Gasteiger charge is -2.24. The number of rotatable bonds is 9. The van der Waals surface area contributed by atoms with E-state index in [9.17, 15) is 13.2 Å². The van der Waals surface area contributed by atoms with Crippen molar-refractivity contribution in [3.63, 3.8) is 0 Å². The van der Waals surface area contributed by atoms with Crippen molar-refractivity contribution in [1.29, 1.82) is 5.41 Å². The minimum Gasteiger partial charge on any atom is -0.487 e. The van der Waals surface area contributed by atoms with Crippen LogP contribution in [-0.4, -0.2) is 55.2 Å². The monoisotopic (exact) mass is 578 g/mol. The lowest BCUT2D eigenvalue weighted by atomic mass is 10.2. The maximum atomic E-state index is 13.7. The first-order valence-electron chi connectivity index (χ1n) is 11.9. The van der Waals surface area contributed by atoms with Gasteiger partial charge in [-0.05, 0) is 44.0 Å². The molecule has 4 rings (SSSR count). The van der Waals surface area contributed by atoms with Crippen LogP contribution in [0.5, 0.6) is 5.75 Å². The normalized spacial score (nSPS) is 15.9. The van der Waals surface area contributed by atoms with Crippen LogP contribution >= 0.6 is 23.2 Å². The highest BCUT2D eigenvalue weighted by atomic mass is 35.5. The summed E-state index contributed by atoms with van der Waals surface area (Å²) in [5, 5.41) is 13.5. The number of carbonyl (C=O) groups is 1. The minimum absolute atomic E-state index is 0.0569. The molecule has 38 heavy (non-hydrogen) atoms. The topological polar surface area (TPSA) is 150 Å². The molecule has 1 aromatic heterocycles. The van der Waals surface area contributed by atoms with Crippen molar-refractivity contribution in [2.24, 2.45) is 5.73 Å². The number of benzene rings is 2. The fourth-order valence-corrected chi connectivity index (χ4v) is 6.83. The summed E-state index contributed by atoms with van der Waals surface area (Å²) in [6, 6.07) is 11.3. The van der Waals surface area contributed by atoms with Crippen LogP contribution in [0.4, 0.5) is 0 Å². The van der Waals surface area contributed by atoms with Crippen LogP contribution in [0, 0.1) is 12.3 Å². The molecule has 5 N–H and O–H groups in total. The van der Waals surface area contributed by atoms with Crippen molar-refractivity contribution in [1.82, 2.24) is 19.9 Å². The number of nitrogens with two attached hydrogens (primary N) is 1. The summed E-state index contributed by atoms with van der Waals surface area (Å²) in [5.41, 5.74) is 7.05. The van der Waals surface area contributed by atoms with Gasteiger partial charge in [-0.15, -0.1) is 0 Å². The van der Waals surface area contributed by atoms with Gasteiger partial charge in [-0.25, -0.2) is 13.4 Å². The van der Waals surface area contributed by atoms with Crippen LogP contribution in [0.1, 0.15) is 24.1 Å². The van der Waals surface area contributed by atoms with Crippen LogP contribution in [-0.2, 0) is 21.4 Å². The summed E-state index contributed by atoms with van der Waals surface area (Å²) in [4.78, 5) is 17.2. The largest absolute Gasteiger partial charge is 0.487 e. The number of ether oxygens (including phenoxy) is 1. The molecular formula is C25H28Cl2N6O4S. The molecule has 1 saturated heterocycles. The number of nitrogens with zero attached hydrogens (tertiary/aromatic N) is 2. The summed E-state index contributed by atoms with van der Waals surface area (Å²) in [5.74, 6) is -0.126. The third-order valence-electron chi connectivity index (χ3n) is 6.18. The Labute approximate surface area is 231 Å². The number of pyridine rings is 1. The smallest absolute Gasteiger partial charge is 0.245 e. The van der Waals surface area contributed by atoms with E-state index < -0.39 is 22.0 Å². The standard InChI is InChI=1S/C25H28Cl2N6O4S/c1-15-7-8-16-4-2-6-20(23(16)32-15)37-14-17-18(26)9-10-21(22(17)27)38(35,36)33-13-3-5-19(33)24(34)30-11-12-31-25(28)29/h2,4,6-10,19H,3,5,11-14H2,1H3,(H,30,34)(H4,28,29,31)/t19-/m0/s1. The SMILES string of the molecule is Cc1ccc2cccc(OCc3c(Cl)ccc(S(=O)(=O)N4CCC[C@H]4C(=O)NCCNC(=N)N)c3Cl)c2n1. The van der Waals surface area contributed by atoms with Gasteiger partial charge in [0.2, 0.25) is 15.9 Å². The number of carbonyl (C=O) groups excluding carboxylic acids is 1. The second-order valence-corrected chi connectivity index (χ2v) is 11.5. The van der Waals surface area contributed by atoms with Crippen molar-refractivity contribution in [2.45, 2.75) is 37.3 Å². The molecule has 0 radical (unpaired) electrons. The average molecular weight is 580 g/mol. The van der Waals surface area contributed by atoms with Crippen molar-refractivity contribution in [3.8, 4) is 5.75 Å². The Morgan fingerprint density at radius 1 is 1.18 bits per heavy atom. The third kappa shape index (κ3) is 5.96. The number of nitrogens with one attached hydrogen (secondary N) is 3. The van der Waals surface area contributed by atoms with E-state index in [1.54, 1.807) is 6.07 Å². The molecule has 0 bridgehead atoms. The molecule has 202 valence electrons. The van der Waals surface area contributed by atoms with Crippen molar-refractivity contribution in [3.05, 3.63) is 63.8 Å². The molecule has 1 aliphatic rings. The fraction of sp³-hybridized carbons (Fsp3) is 0.320. The molecule has 10 nitrogen and oxygen atoms in total. The van der Waals surface area contributed by atoms with Crippen molar-refractivity contribution < 1.29 is 17.9 Å². The van der Waals surface area contributed by atoms with E-state index in [-0.39, 0.29) is 47.1 Å². The lowest BCUT2D eigenvalue weighted by molar-refractivity contribution is -0.124. The first-order chi connectivity index (χ1) is 18.1. The molecule has 1 amide bonds. The molecule has 2 aromatic carbocycles. The second kappa shape index (κ2) is 11.7. The number of hydrogen-bond donors (Lipinski definition) is 4. The zero-order valence-electron chi connectivity index (χ0n) is 20.6. The van der Waals surface area contributed by atoms with E-state index in [0.29, 0.717) is 29.7 Å². The number of amides is 1.